The van der Waals surface area contributed by atoms with Gasteiger partial charge in [0, 0.05) is 23.0 Å². The standard InChI is InChI=1S/C20H17N9O8S3/c1-37-27-10(7-5-40-19(21)22-7)14(31)24-11-15(32)28-12(17(33)34)6(4-39-16(11)28)3-38-9-2-8(30)23-20-25-13(18(35)36)26-29(9)20/h2,5,11,16H,3-4H2,1H3,(H2,21,22)(H,24,31)(H,33,34)(H,35,36)(H,23,25,26,30)/t11-,16-/m1/s1. The molecule has 2 atom stereocenters. The summed E-state index contributed by atoms with van der Waals surface area (Å²) in [6, 6.07) is 0.202. The van der Waals surface area contributed by atoms with E-state index in [1.54, 1.807) is 0 Å². The van der Waals surface area contributed by atoms with Crippen molar-refractivity contribution in [1.29, 1.82) is 0 Å². The largest absolute Gasteiger partial charge is 0.493 e. The highest BCUT2D eigenvalue weighted by Gasteiger charge is 2.54. The average molecular weight is 608 g/mol. The SMILES string of the molecule is CON=C(C(=O)N[C@@H]1C(=O)N2C(C(=O)O)=C(CSc3cc(O)nc4nc(C(=O)O)nn34)CS[C@H]12)c1csc(N)n1. The Morgan fingerprint density at radius 1 is 1.27 bits per heavy atom. The van der Waals surface area contributed by atoms with Crippen LogP contribution in [0.2, 0.25) is 0 Å². The number of carboxylic acid groups (broad SMARTS) is 2. The zero-order valence-corrected chi connectivity index (χ0v) is 22.5. The summed E-state index contributed by atoms with van der Waals surface area (Å²) >= 11 is 3.38. The number of amides is 2. The van der Waals surface area contributed by atoms with E-state index in [1.807, 2.05) is 0 Å². The lowest BCUT2D eigenvalue weighted by Gasteiger charge is -2.49. The number of nitrogens with one attached hydrogen (secondary N) is 1. The van der Waals surface area contributed by atoms with Crippen LogP contribution in [-0.4, -0.2) is 104 Å². The second-order valence-electron chi connectivity index (χ2n) is 8.01. The van der Waals surface area contributed by atoms with Crippen LogP contribution in [0, 0.1) is 0 Å². The van der Waals surface area contributed by atoms with Gasteiger partial charge in [0.2, 0.25) is 5.88 Å². The molecule has 208 valence electrons. The van der Waals surface area contributed by atoms with E-state index in [0.717, 1.165) is 32.5 Å². The number of nitrogen functional groups attached to an aromatic ring is 1. The van der Waals surface area contributed by atoms with Gasteiger partial charge in [-0.3, -0.25) is 14.5 Å². The number of aromatic hydroxyl groups is 1. The number of carboxylic acids is 2. The molecule has 0 aromatic carbocycles. The average Bonchev–Trinajstić information content (AvgIpc) is 3.54. The number of thioether (sulfide) groups is 2. The zero-order chi connectivity index (χ0) is 28.7. The number of fused-ring (bicyclic) bond motifs is 2. The van der Waals surface area contributed by atoms with Gasteiger partial charge in [-0.25, -0.2) is 14.6 Å². The van der Waals surface area contributed by atoms with Crippen molar-refractivity contribution in [2.45, 2.75) is 16.4 Å². The number of anilines is 1. The van der Waals surface area contributed by atoms with Crippen molar-refractivity contribution in [3.05, 3.63) is 34.2 Å². The normalized spacial score (nSPS) is 18.9. The van der Waals surface area contributed by atoms with Crippen LogP contribution >= 0.6 is 34.9 Å². The predicted octanol–water partition coefficient (Wildman–Crippen LogP) is -0.552. The number of aromatic carboxylic acids is 1. The van der Waals surface area contributed by atoms with Gasteiger partial charge in [-0.15, -0.1) is 40.0 Å². The van der Waals surface area contributed by atoms with Crippen molar-refractivity contribution in [3.63, 3.8) is 0 Å². The summed E-state index contributed by atoms with van der Waals surface area (Å²) in [4.78, 5) is 66.7. The summed E-state index contributed by atoms with van der Waals surface area (Å²) in [7, 11) is 1.24. The number of carbonyl (C=O) groups is 4. The highest BCUT2D eigenvalue weighted by molar-refractivity contribution is 8.01. The molecule has 0 saturated carbocycles. The number of carbonyl (C=O) groups excluding carboxylic acids is 2. The minimum atomic E-state index is -1.39. The Morgan fingerprint density at radius 3 is 2.70 bits per heavy atom. The Labute approximate surface area is 235 Å². The molecule has 0 bridgehead atoms. The summed E-state index contributed by atoms with van der Waals surface area (Å²) in [6.07, 6.45) is 0. The fourth-order valence-electron chi connectivity index (χ4n) is 3.88. The molecule has 17 nitrogen and oxygen atoms in total. The summed E-state index contributed by atoms with van der Waals surface area (Å²) < 4.78 is 1.11. The van der Waals surface area contributed by atoms with Gasteiger partial charge in [0.25, 0.3) is 23.4 Å². The molecule has 0 radical (unpaired) electrons. The highest BCUT2D eigenvalue weighted by atomic mass is 32.2. The molecule has 0 aliphatic carbocycles. The maximum Gasteiger partial charge on any atom is 0.375 e. The monoisotopic (exact) mass is 607 g/mol. The Balaban J connectivity index is 1.35. The number of hydrogen-bond donors (Lipinski definition) is 5. The third-order valence-corrected chi connectivity index (χ3v) is 8.64. The molecule has 1 saturated heterocycles. The van der Waals surface area contributed by atoms with Gasteiger partial charge in [-0.1, -0.05) is 5.16 Å². The van der Waals surface area contributed by atoms with E-state index in [-0.39, 0.29) is 44.5 Å². The van der Waals surface area contributed by atoms with Gasteiger partial charge < -0.3 is 31.2 Å². The summed E-state index contributed by atoms with van der Waals surface area (Å²) in [5.41, 5.74) is 5.75. The molecular formula is C20H17N9O8S3. The third-order valence-electron chi connectivity index (χ3n) is 5.55. The van der Waals surface area contributed by atoms with Gasteiger partial charge >= 0.3 is 11.9 Å². The Morgan fingerprint density at radius 2 is 2.05 bits per heavy atom. The molecule has 0 spiro atoms. The van der Waals surface area contributed by atoms with Gasteiger partial charge in [0.1, 0.15) is 34.9 Å². The minimum Gasteiger partial charge on any atom is -0.493 e. The van der Waals surface area contributed by atoms with E-state index in [9.17, 15) is 29.4 Å². The second kappa shape index (κ2) is 10.6. The number of aromatic nitrogens is 5. The molecule has 5 heterocycles. The first-order chi connectivity index (χ1) is 19.1. The van der Waals surface area contributed by atoms with Gasteiger partial charge in [0.15, 0.2) is 10.8 Å². The van der Waals surface area contributed by atoms with E-state index in [0.29, 0.717) is 5.57 Å². The second-order valence-corrected chi connectivity index (χ2v) is 11.0. The number of aliphatic carboxylic acids is 1. The summed E-state index contributed by atoms with van der Waals surface area (Å²) in [6.45, 7) is 0. The van der Waals surface area contributed by atoms with Crippen molar-refractivity contribution >= 4 is 75.2 Å². The molecule has 20 heteroatoms. The van der Waals surface area contributed by atoms with Gasteiger partial charge in [0.05, 0.1) is 0 Å². The highest BCUT2D eigenvalue weighted by Crippen LogP contribution is 2.41. The smallest absolute Gasteiger partial charge is 0.375 e. The Hall–Kier alpha value is -4.43. The molecule has 0 unspecified atom stereocenters. The quantitative estimate of drug-likeness (QED) is 0.0673. The molecule has 5 rings (SSSR count). The topological polar surface area (TPSA) is 248 Å². The molecular weight excluding hydrogens is 590 g/mol. The van der Waals surface area contributed by atoms with E-state index in [1.165, 1.54) is 30.3 Å². The van der Waals surface area contributed by atoms with Crippen molar-refractivity contribution < 1.29 is 39.3 Å². The molecule has 2 amide bonds. The molecule has 3 aromatic rings. The van der Waals surface area contributed by atoms with Gasteiger partial charge in [-0.2, -0.15) is 14.5 Å². The van der Waals surface area contributed by atoms with Crippen LogP contribution in [0.4, 0.5) is 5.13 Å². The molecule has 1 fully saturated rings. The van der Waals surface area contributed by atoms with Crippen LogP contribution in [0.3, 0.4) is 0 Å². The first kappa shape index (κ1) is 27.1. The Bertz CT molecular complexity index is 1630. The van der Waals surface area contributed by atoms with E-state index < -0.39 is 46.9 Å². The van der Waals surface area contributed by atoms with Crippen LogP contribution in [0.5, 0.6) is 5.88 Å². The van der Waals surface area contributed by atoms with Crippen LogP contribution < -0.4 is 11.1 Å². The van der Waals surface area contributed by atoms with Crippen LogP contribution in [0.1, 0.15) is 16.3 Å². The molecule has 3 aromatic heterocycles. The zero-order valence-electron chi connectivity index (χ0n) is 20.0. The van der Waals surface area contributed by atoms with E-state index in [4.69, 9.17) is 15.7 Å². The molecule has 40 heavy (non-hydrogen) atoms. The number of hydrogen-bond acceptors (Lipinski definition) is 15. The first-order valence-corrected chi connectivity index (χ1v) is 13.9. The fourth-order valence-corrected chi connectivity index (χ4v) is 6.90. The van der Waals surface area contributed by atoms with Crippen LogP contribution in [0.15, 0.2) is 32.9 Å². The molecule has 2 aliphatic heterocycles. The maximum absolute atomic E-state index is 13.0. The van der Waals surface area contributed by atoms with E-state index in [2.05, 4.69) is 30.5 Å². The lowest BCUT2D eigenvalue weighted by molar-refractivity contribution is -0.150. The fraction of sp³-hybridized carbons (Fsp3) is 0.250. The number of rotatable bonds is 9. The van der Waals surface area contributed by atoms with Crippen molar-refractivity contribution in [3.8, 4) is 5.88 Å². The number of oxime groups is 1. The number of thiazole rings is 1. The lowest BCUT2D eigenvalue weighted by Crippen LogP contribution is -2.71. The van der Waals surface area contributed by atoms with Crippen molar-refractivity contribution in [2.24, 2.45) is 5.16 Å². The summed E-state index contributed by atoms with van der Waals surface area (Å²) in [5, 5.41) is 40.4. The molecule has 2 aliphatic rings. The van der Waals surface area contributed by atoms with Crippen LogP contribution in [-0.2, 0) is 19.2 Å². The predicted molar refractivity (Wildman–Crippen MR) is 140 cm³/mol. The van der Waals surface area contributed by atoms with E-state index >= 15 is 0 Å². The number of nitrogens with two attached hydrogens (primary N) is 1. The minimum absolute atomic E-state index is 0.0544. The van der Waals surface area contributed by atoms with Gasteiger partial charge in [-0.05, 0) is 5.57 Å². The van der Waals surface area contributed by atoms with Crippen molar-refractivity contribution in [1.82, 2.24) is 34.8 Å². The molecule has 6 N–H and O–H groups in total. The Kier molecular flexibility index (Phi) is 7.21. The lowest BCUT2D eigenvalue weighted by atomic mass is 10.0. The first-order valence-electron chi connectivity index (χ1n) is 10.9. The summed E-state index contributed by atoms with van der Waals surface area (Å²) in [5.74, 6) is -4.96. The van der Waals surface area contributed by atoms with Crippen LogP contribution in [0.25, 0.3) is 5.78 Å². The third kappa shape index (κ3) is 4.86. The number of β-lactam (4-membered cyclic amide) rings is 1. The number of nitrogens with zero attached hydrogens (tertiary/aromatic N) is 7. The van der Waals surface area contributed by atoms with Crippen molar-refractivity contribution in [2.75, 3.05) is 24.3 Å². The maximum atomic E-state index is 13.0.